The second kappa shape index (κ2) is 4.91. The van der Waals surface area contributed by atoms with Gasteiger partial charge >= 0.3 is 0 Å². The minimum Gasteiger partial charge on any atom is -0.362 e. The summed E-state index contributed by atoms with van der Waals surface area (Å²) >= 11 is 1.81. The van der Waals surface area contributed by atoms with E-state index in [1.807, 2.05) is 29.7 Å². The minimum atomic E-state index is 0.551. The van der Waals surface area contributed by atoms with Crippen molar-refractivity contribution in [2.75, 3.05) is 5.75 Å². The molecule has 88 valence electrons. The lowest BCUT2D eigenvalue weighted by molar-refractivity contribution is 0.642. The Morgan fingerprint density at radius 2 is 2.50 bits per heavy atom. The zero-order chi connectivity index (χ0) is 11.5. The van der Waals surface area contributed by atoms with Gasteiger partial charge in [-0.1, -0.05) is 11.8 Å². The Kier molecular flexibility index (Phi) is 3.53. The van der Waals surface area contributed by atoms with Crippen LogP contribution in [-0.2, 0) is 13.6 Å². The van der Waals surface area contributed by atoms with Gasteiger partial charge in [0.05, 0.1) is 12.7 Å². The van der Waals surface area contributed by atoms with Gasteiger partial charge in [0, 0.05) is 30.1 Å². The normalized spacial score (nSPS) is 23.4. The Morgan fingerprint density at radius 3 is 3.12 bits per heavy atom. The van der Waals surface area contributed by atoms with E-state index in [1.165, 1.54) is 23.4 Å². The Hall–Kier alpha value is -0.970. The molecule has 0 aliphatic carbocycles. The summed E-state index contributed by atoms with van der Waals surface area (Å²) in [5, 5.41) is 8.68. The predicted octanol–water partition coefficient (Wildman–Crippen LogP) is 1.70. The summed E-state index contributed by atoms with van der Waals surface area (Å²) in [4.78, 5) is 4.59. The highest BCUT2D eigenvalue weighted by Crippen LogP contribution is 2.15. The fourth-order valence-corrected chi connectivity index (χ4v) is 2.71. The molecule has 4 nitrogen and oxygen atoms in total. The van der Waals surface area contributed by atoms with Gasteiger partial charge in [-0.3, -0.25) is 9.67 Å². The average molecular weight is 238 g/mol. The monoisotopic (exact) mass is 238 g/mol. The Bertz CT molecular complexity index is 397. The molecule has 5 heteroatoms. The van der Waals surface area contributed by atoms with Crippen molar-refractivity contribution in [1.82, 2.24) is 15.1 Å². The lowest BCUT2D eigenvalue weighted by Gasteiger charge is -2.21. The van der Waals surface area contributed by atoms with Crippen LogP contribution in [0.1, 0.15) is 24.6 Å². The molecular weight excluding hydrogens is 220 g/mol. The van der Waals surface area contributed by atoms with E-state index >= 15 is 0 Å². The summed E-state index contributed by atoms with van der Waals surface area (Å²) in [6.07, 6.45) is 3.12. The number of hydrogen-bond donors (Lipinski definition) is 1. The quantitative estimate of drug-likeness (QED) is 0.852. The lowest BCUT2D eigenvalue weighted by Crippen LogP contribution is -2.35. The number of thioether (sulfide) groups is 1. The highest BCUT2D eigenvalue weighted by molar-refractivity contribution is 8.13. The largest absolute Gasteiger partial charge is 0.362 e. The molecule has 0 aromatic carbocycles. The van der Waals surface area contributed by atoms with Crippen molar-refractivity contribution in [2.24, 2.45) is 12.0 Å². The molecule has 1 aromatic heterocycles. The van der Waals surface area contributed by atoms with Crippen LogP contribution in [0, 0.1) is 6.92 Å². The lowest BCUT2D eigenvalue weighted by atomic mass is 10.2. The van der Waals surface area contributed by atoms with Gasteiger partial charge in [-0.25, -0.2) is 0 Å². The van der Waals surface area contributed by atoms with Crippen molar-refractivity contribution in [3.05, 3.63) is 17.5 Å². The van der Waals surface area contributed by atoms with Crippen LogP contribution in [0.15, 0.2) is 11.2 Å². The average Bonchev–Trinajstić information content (AvgIpc) is 2.57. The first-order chi connectivity index (χ1) is 7.66. The summed E-state index contributed by atoms with van der Waals surface area (Å²) in [7, 11) is 1.96. The van der Waals surface area contributed by atoms with Gasteiger partial charge < -0.3 is 5.32 Å². The molecule has 0 bridgehead atoms. The Labute approximate surface area is 101 Å². The Balaban J connectivity index is 2.00. The number of amidine groups is 1. The van der Waals surface area contributed by atoms with Gasteiger partial charge in [-0.2, -0.15) is 5.10 Å². The van der Waals surface area contributed by atoms with E-state index in [9.17, 15) is 0 Å². The first-order valence-electron chi connectivity index (χ1n) is 5.58. The zero-order valence-corrected chi connectivity index (χ0v) is 10.8. The highest BCUT2D eigenvalue weighted by Gasteiger charge is 2.13. The first-order valence-corrected chi connectivity index (χ1v) is 6.56. The fraction of sp³-hybridized carbons (Fsp3) is 0.636. The van der Waals surface area contributed by atoms with Crippen LogP contribution in [-0.4, -0.2) is 26.7 Å². The van der Waals surface area contributed by atoms with E-state index in [0.29, 0.717) is 6.04 Å². The van der Waals surface area contributed by atoms with E-state index in [1.54, 1.807) is 0 Å². The molecule has 0 amide bonds. The summed E-state index contributed by atoms with van der Waals surface area (Å²) in [6.45, 7) is 5.00. The molecular formula is C11H18N4S. The number of nitrogens with one attached hydrogen (secondary N) is 1. The molecule has 0 saturated carbocycles. The number of aromatic nitrogens is 2. The molecule has 1 aliphatic heterocycles. The van der Waals surface area contributed by atoms with Crippen LogP contribution in [0.5, 0.6) is 0 Å². The van der Waals surface area contributed by atoms with Crippen LogP contribution in [0.25, 0.3) is 0 Å². The van der Waals surface area contributed by atoms with Crippen molar-refractivity contribution < 1.29 is 0 Å². The van der Waals surface area contributed by atoms with Crippen molar-refractivity contribution in [1.29, 1.82) is 0 Å². The molecule has 1 unspecified atom stereocenters. The van der Waals surface area contributed by atoms with Crippen LogP contribution in [0.4, 0.5) is 0 Å². The van der Waals surface area contributed by atoms with Crippen molar-refractivity contribution >= 4 is 16.9 Å². The molecule has 2 rings (SSSR count). The summed E-state index contributed by atoms with van der Waals surface area (Å²) in [5.74, 6) is 1.17. The molecule has 1 fully saturated rings. The maximum atomic E-state index is 4.59. The molecule has 1 N–H and O–H groups in total. The van der Waals surface area contributed by atoms with Gasteiger partial charge in [-0.15, -0.1) is 0 Å². The zero-order valence-electron chi connectivity index (χ0n) is 10.0. The van der Waals surface area contributed by atoms with Crippen LogP contribution < -0.4 is 5.32 Å². The van der Waals surface area contributed by atoms with Crippen LogP contribution in [0.3, 0.4) is 0 Å². The maximum Gasteiger partial charge on any atom is 0.157 e. The third kappa shape index (κ3) is 2.58. The van der Waals surface area contributed by atoms with Gasteiger partial charge in [0.25, 0.3) is 0 Å². The van der Waals surface area contributed by atoms with Crippen LogP contribution in [0.2, 0.25) is 0 Å². The van der Waals surface area contributed by atoms with Crippen LogP contribution >= 0.6 is 11.8 Å². The molecule has 16 heavy (non-hydrogen) atoms. The van der Waals surface area contributed by atoms with Crippen molar-refractivity contribution in [2.45, 2.75) is 32.9 Å². The van der Waals surface area contributed by atoms with E-state index in [2.05, 4.69) is 29.3 Å². The number of aliphatic imine (C=N–C) groups is 1. The molecule has 1 atom stereocenters. The van der Waals surface area contributed by atoms with Gasteiger partial charge in [-0.05, 0) is 20.3 Å². The molecule has 1 saturated heterocycles. The fourth-order valence-electron chi connectivity index (χ4n) is 1.60. The number of aryl methyl sites for hydroxylation is 1. The molecule has 2 heterocycles. The van der Waals surface area contributed by atoms with Gasteiger partial charge in [0.2, 0.25) is 0 Å². The Morgan fingerprint density at radius 1 is 1.69 bits per heavy atom. The second-order valence-corrected chi connectivity index (χ2v) is 5.27. The second-order valence-electron chi connectivity index (χ2n) is 4.18. The molecule has 1 aliphatic rings. The van der Waals surface area contributed by atoms with E-state index < -0.39 is 0 Å². The van der Waals surface area contributed by atoms with E-state index in [4.69, 9.17) is 0 Å². The summed E-state index contributed by atoms with van der Waals surface area (Å²) in [6, 6.07) is 0.551. The van der Waals surface area contributed by atoms with Crippen molar-refractivity contribution in [3.63, 3.8) is 0 Å². The number of hydrogen-bond acceptors (Lipinski definition) is 3. The number of nitrogens with zero attached hydrogens (tertiary/aromatic N) is 3. The third-order valence-corrected chi connectivity index (χ3v) is 3.85. The van der Waals surface area contributed by atoms with Gasteiger partial charge in [0.15, 0.2) is 5.17 Å². The SMILES string of the molecule is Cc1c(CN=C2NC(C)CCS2)cnn1C. The predicted molar refractivity (Wildman–Crippen MR) is 68.8 cm³/mol. The van der Waals surface area contributed by atoms with E-state index in [0.717, 1.165) is 11.7 Å². The molecule has 1 aromatic rings. The minimum absolute atomic E-state index is 0.551. The highest BCUT2D eigenvalue weighted by atomic mass is 32.2. The van der Waals surface area contributed by atoms with E-state index in [-0.39, 0.29) is 0 Å². The molecule has 0 radical (unpaired) electrons. The number of rotatable bonds is 2. The summed E-state index contributed by atoms with van der Waals surface area (Å²) in [5.41, 5.74) is 2.40. The maximum absolute atomic E-state index is 4.59. The standard InChI is InChI=1S/C11H18N4S/c1-8-4-5-16-11(14-8)12-6-10-7-13-15(3)9(10)2/h7-8H,4-6H2,1-3H3,(H,12,14). The van der Waals surface area contributed by atoms with Gasteiger partial charge in [0.1, 0.15) is 0 Å². The van der Waals surface area contributed by atoms with Crippen molar-refractivity contribution in [3.8, 4) is 0 Å². The smallest absolute Gasteiger partial charge is 0.157 e. The third-order valence-electron chi connectivity index (χ3n) is 2.89. The first kappa shape index (κ1) is 11.5. The molecule has 0 spiro atoms. The summed E-state index contributed by atoms with van der Waals surface area (Å²) < 4.78 is 1.89. The topological polar surface area (TPSA) is 42.2 Å².